The van der Waals surface area contributed by atoms with Gasteiger partial charge in [-0.1, -0.05) is 473 Å². The minimum Gasteiger partial charge on any atom is -0.462 e. The van der Waals surface area contributed by atoms with Crippen molar-refractivity contribution in [3.8, 4) is 0 Å². The molecule has 2 unspecified atom stereocenters. The number of rotatable bonds is 87. The normalized spacial score (nSPS) is 13.0. The second-order valence-corrected chi connectivity index (χ2v) is 32.3. The van der Waals surface area contributed by atoms with Crippen LogP contribution in [-0.4, -0.2) is 49.3 Å². The Labute approximate surface area is 629 Å². The molecule has 0 aliphatic heterocycles. The fraction of sp³-hybridized carbons (Fsp3) is 0.890. The van der Waals surface area contributed by atoms with Crippen LogP contribution in [0, 0.1) is 0 Å². The van der Waals surface area contributed by atoms with Gasteiger partial charge in [0, 0.05) is 19.4 Å². The maximum atomic E-state index is 12.8. The van der Waals surface area contributed by atoms with Gasteiger partial charge >= 0.3 is 19.8 Å². The zero-order valence-electron chi connectivity index (χ0n) is 67.7. The van der Waals surface area contributed by atoms with E-state index in [1.165, 1.54) is 398 Å². The Morgan fingerprint density at radius 2 is 0.545 bits per heavy atom. The van der Waals surface area contributed by atoms with Gasteiger partial charge in [0.25, 0.3) is 0 Å². The highest BCUT2D eigenvalue weighted by Gasteiger charge is 2.26. The third-order valence-corrected chi connectivity index (χ3v) is 21.7. The van der Waals surface area contributed by atoms with Crippen LogP contribution in [0.4, 0.5) is 0 Å². The molecule has 596 valence electrons. The summed E-state index contributed by atoms with van der Waals surface area (Å²) in [6.45, 7) is 3.73. The van der Waals surface area contributed by atoms with Crippen LogP contribution >= 0.6 is 7.82 Å². The number of allylic oxidation sites excluding steroid dienone is 8. The summed E-state index contributed by atoms with van der Waals surface area (Å²) in [6, 6.07) is 0. The van der Waals surface area contributed by atoms with Gasteiger partial charge in [0.2, 0.25) is 0 Å². The molecule has 0 aliphatic carbocycles. The summed E-state index contributed by atoms with van der Waals surface area (Å²) in [4.78, 5) is 35.5. The van der Waals surface area contributed by atoms with Crippen LogP contribution < -0.4 is 5.73 Å². The lowest BCUT2D eigenvalue weighted by molar-refractivity contribution is -0.161. The first-order valence-corrected chi connectivity index (χ1v) is 46.6. The Kier molecular flexibility index (Phi) is 85.1. The highest BCUT2D eigenvalue weighted by molar-refractivity contribution is 7.47. The summed E-state index contributed by atoms with van der Waals surface area (Å²) in [5, 5.41) is 0. The SMILES string of the molecule is CC/C=C\C/C=C\C/C=C\C/C=C\CCCCCCCCCCCCCCCCCCCCCCCCCCCCC(=O)OC(COC(=O)CCCCCCCCCCCCCCCCCCCCCCCCCCCCCCCCCCCCCCCCCCC)COP(=O)(O)OCCN. The van der Waals surface area contributed by atoms with E-state index in [1.54, 1.807) is 0 Å². The number of phosphoric ester groups is 1. The molecule has 10 heteroatoms. The number of nitrogens with two attached hydrogens (primary N) is 1. The van der Waals surface area contributed by atoms with Crippen molar-refractivity contribution in [3.63, 3.8) is 0 Å². The monoisotopic (exact) mass is 1440 g/mol. The standard InChI is InChI=1S/C91H174NO8P/c1-3-5-7-9-11-13-15-17-19-21-23-25-27-29-31-33-35-37-39-41-43-44-46-47-49-51-53-55-57-59-61-63-65-67-69-71-73-75-77-79-81-83-90(93)97-87-89(88-99-101(95,96)98-86-85-92)100-91(94)84-82-80-78-76-74-72-70-68-66-64-62-60-58-56-54-52-50-48-45-42-40-38-36-34-32-30-28-26-24-22-20-18-16-14-12-10-8-6-4-2/h6,8,12,14,18,20,24,26,89H,3-5,7,9-11,13,15-17,19,21-23,25,27-88,92H2,1-2H3,(H,95,96)/b8-6-,14-12-,20-18-,26-24-. The number of hydrogen-bond acceptors (Lipinski definition) is 8. The van der Waals surface area contributed by atoms with Crippen LogP contribution in [0.5, 0.6) is 0 Å². The van der Waals surface area contributed by atoms with Crippen molar-refractivity contribution < 1.29 is 37.6 Å². The van der Waals surface area contributed by atoms with E-state index in [4.69, 9.17) is 24.3 Å². The second-order valence-electron chi connectivity index (χ2n) is 30.8. The van der Waals surface area contributed by atoms with Crippen molar-refractivity contribution in [2.75, 3.05) is 26.4 Å². The highest BCUT2D eigenvalue weighted by Crippen LogP contribution is 2.43. The number of ether oxygens (including phenoxy) is 2. The first kappa shape index (κ1) is 99.0. The van der Waals surface area contributed by atoms with E-state index >= 15 is 0 Å². The first-order valence-electron chi connectivity index (χ1n) is 45.1. The smallest absolute Gasteiger partial charge is 0.462 e. The average molecular weight is 1440 g/mol. The lowest BCUT2D eigenvalue weighted by atomic mass is 10.0. The van der Waals surface area contributed by atoms with E-state index in [0.29, 0.717) is 6.42 Å². The van der Waals surface area contributed by atoms with Crippen LogP contribution in [0.25, 0.3) is 0 Å². The molecule has 0 amide bonds. The zero-order valence-corrected chi connectivity index (χ0v) is 68.6. The summed E-state index contributed by atoms with van der Waals surface area (Å²) in [5.41, 5.74) is 5.43. The lowest BCUT2D eigenvalue weighted by Crippen LogP contribution is -2.29. The van der Waals surface area contributed by atoms with Crippen molar-refractivity contribution in [2.45, 2.75) is 495 Å². The van der Waals surface area contributed by atoms with Gasteiger partial charge in [0.1, 0.15) is 6.61 Å². The third-order valence-electron chi connectivity index (χ3n) is 20.7. The van der Waals surface area contributed by atoms with Gasteiger partial charge in [-0.25, -0.2) is 4.57 Å². The summed E-state index contributed by atoms with van der Waals surface area (Å²) in [7, 11) is -4.40. The van der Waals surface area contributed by atoms with Gasteiger partial charge in [-0.05, 0) is 51.4 Å². The second kappa shape index (κ2) is 86.9. The number of phosphoric acid groups is 1. The molecule has 3 N–H and O–H groups in total. The minimum absolute atomic E-state index is 0.0569. The largest absolute Gasteiger partial charge is 0.472 e. The van der Waals surface area contributed by atoms with Crippen LogP contribution in [0.2, 0.25) is 0 Å². The van der Waals surface area contributed by atoms with E-state index in [-0.39, 0.29) is 38.6 Å². The molecule has 0 heterocycles. The van der Waals surface area contributed by atoms with E-state index < -0.39 is 26.5 Å². The van der Waals surface area contributed by atoms with Crippen molar-refractivity contribution in [1.29, 1.82) is 0 Å². The lowest BCUT2D eigenvalue weighted by Gasteiger charge is -2.19. The molecule has 0 aromatic carbocycles. The number of carbonyl (C=O) groups is 2. The molecule has 0 saturated heterocycles. The quantitative estimate of drug-likeness (QED) is 0.0264. The van der Waals surface area contributed by atoms with Crippen molar-refractivity contribution in [3.05, 3.63) is 48.6 Å². The molecule has 9 nitrogen and oxygen atoms in total. The van der Waals surface area contributed by atoms with E-state index in [0.717, 1.165) is 57.8 Å². The van der Waals surface area contributed by atoms with E-state index in [1.807, 2.05) is 0 Å². The Bertz CT molecular complexity index is 1800. The molecule has 101 heavy (non-hydrogen) atoms. The van der Waals surface area contributed by atoms with Gasteiger partial charge < -0.3 is 20.1 Å². The van der Waals surface area contributed by atoms with Gasteiger partial charge in [-0.15, -0.1) is 0 Å². The molecular weight excluding hydrogens is 1270 g/mol. The molecule has 0 saturated carbocycles. The Hall–Kier alpha value is -2.03. The highest BCUT2D eigenvalue weighted by atomic mass is 31.2. The average Bonchev–Trinajstić information content (AvgIpc) is 1.01. The number of carbonyl (C=O) groups excluding carboxylic acids is 2. The molecule has 0 fully saturated rings. The molecule has 2 atom stereocenters. The Morgan fingerprint density at radius 1 is 0.307 bits per heavy atom. The third kappa shape index (κ3) is 86.8. The predicted molar refractivity (Wildman–Crippen MR) is 441 cm³/mol. The summed E-state index contributed by atoms with van der Waals surface area (Å²) in [5.74, 6) is -0.797. The predicted octanol–water partition coefficient (Wildman–Crippen LogP) is 30.7. The molecule has 0 radical (unpaired) electrons. The van der Waals surface area contributed by atoms with E-state index in [2.05, 4.69) is 62.5 Å². The fourth-order valence-electron chi connectivity index (χ4n) is 14.1. The van der Waals surface area contributed by atoms with Gasteiger partial charge in [0.15, 0.2) is 6.10 Å². The molecule has 0 spiro atoms. The topological polar surface area (TPSA) is 134 Å². The number of hydrogen-bond donors (Lipinski definition) is 2. The fourth-order valence-corrected chi connectivity index (χ4v) is 14.9. The summed E-state index contributed by atoms with van der Waals surface area (Å²) in [6.07, 6.45) is 115. The summed E-state index contributed by atoms with van der Waals surface area (Å²) < 4.78 is 33.4. The molecule has 0 aromatic rings. The van der Waals surface area contributed by atoms with Crippen LogP contribution in [-0.2, 0) is 32.7 Å². The van der Waals surface area contributed by atoms with Crippen LogP contribution in [0.3, 0.4) is 0 Å². The summed E-state index contributed by atoms with van der Waals surface area (Å²) >= 11 is 0. The van der Waals surface area contributed by atoms with Gasteiger partial charge in [-0.2, -0.15) is 0 Å². The number of unbranched alkanes of at least 4 members (excludes halogenated alkanes) is 66. The van der Waals surface area contributed by atoms with Gasteiger partial charge in [0.05, 0.1) is 13.2 Å². The zero-order chi connectivity index (χ0) is 72.9. The minimum atomic E-state index is -4.40. The van der Waals surface area contributed by atoms with Crippen molar-refractivity contribution >= 4 is 19.8 Å². The molecule has 0 rings (SSSR count). The molecular formula is C91H174NO8P. The van der Waals surface area contributed by atoms with Crippen LogP contribution in [0.1, 0.15) is 489 Å². The van der Waals surface area contributed by atoms with Crippen molar-refractivity contribution in [1.82, 2.24) is 0 Å². The maximum Gasteiger partial charge on any atom is 0.472 e. The Morgan fingerprint density at radius 3 is 0.812 bits per heavy atom. The van der Waals surface area contributed by atoms with Gasteiger partial charge in [-0.3, -0.25) is 18.6 Å². The van der Waals surface area contributed by atoms with Crippen LogP contribution in [0.15, 0.2) is 48.6 Å². The Balaban J connectivity index is 3.68. The van der Waals surface area contributed by atoms with E-state index in [9.17, 15) is 19.0 Å². The molecule has 0 aliphatic rings. The first-order chi connectivity index (χ1) is 49.8. The maximum absolute atomic E-state index is 12.8. The molecule has 0 bridgehead atoms. The van der Waals surface area contributed by atoms with Crippen molar-refractivity contribution in [2.24, 2.45) is 5.73 Å². The molecule has 0 aromatic heterocycles. The number of esters is 2.